The van der Waals surface area contributed by atoms with Crippen molar-refractivity contribution in [3.05, 3.63) is 39.9 Å². The molecule has 1 saturated carbocycles. The summed E-state index contributed by atoms with van der Waals surface area (Å²) in [5.74, 6) is -2.10. The van der Waals surface area contributed by atoms with E-state index >= 15 is 0 Å². The number of carbonyl (C=O) groups excluding carboxylic acids is 2. The number of para-hydroxylation sites is 1. The van der Waals surface area contributed by atoms with Crippen molar-refractivity contribution in [2.45, 2.75) is 44.0 Å². The molecule has 0 heterocycles. The summed E-state index contributed by atoms with van der Waals surface area (Å²) in [6.07, 6.45) is 0.736. The van der Waals surface area contributed by atoms with E-state index in [9.17, 15) is 36.9 Å². The van der Waals surface area contributed by atoms with Gasteiger partial charge in [0, 0.05) is 6.07 Å². The topological polar surface area (TPSA) is 150 Å². The zero-order valence-electron chi connectivity index (χ0n) is 15.6. The lowest BCUT2D eigenvalue weighted by molar-refractivity contribution is -0.385. The number of alkyl halides is 2. The summed E-state index contributed by atoms with van der Waals surface area (Å²) in [7, 11) is -5.77. The van der Waals surface area contributed by atoms with E-state index in [1.165, 1.54) is 24.3 Å². The van der Waals surface area contributed by atoms with Crippen LogP contribution in [0.5, 0.6) is 0 Å². The van der Waals surface area contributed by atoms with Gasteiger partial charge in [-0.15, -0.1) is 0 Å². The van der Waals surface area contributed by atoms with Gasteiger partial charge in [-0.1, -0.05) is 25.0 Å². The number of benzene rings is 1. The van der Waals surface area contributed by atoms with Gasteiger partial charge in [0.2, 0.25) is 0 Å². The summed E-state index contributed by atoms with van der Waals surface area (Å²) >= 11 is 0. The Bertz CT molecular complexity index is 927. The normalized spacial score (nSPS) is 16.1. The fourth-order valence-corrected chi connectivity index (χ4v) is 3.39. The molecular formula is C17H19F2NO9S. The van der Waals surface area contributed by atoms with Crippen molar-refractivity contribution in [1.82, 2.24) is 0 Å². The van der Waals surface area contributed by atoms with Crippen LogP contribution in [0.4, 0.5) is 14.5 Å². The minimum absolute atomic E-state index is 0.129. The van der Waals surface area contributed by atoms with E-state index in [1.54, 1.807) is 0 Å². The molecule has 0 spiro atoms. The molecule has 10 nitrogen and oxygen atoms in total. The number of carbonyl (C=O) groups is 2. The Morgan fingerprint density at radius 1 is 1.20 bits per heavy atom. The lowest BCUT2D eigenvalue weighted by Crippen LogP contribution is -2.39. The maximum absolute atomic E-state index is 13.3. The van der Waals surface area contributed by atoms with E-state index in [2.05, 4.69) is 4.74 Å². The summed E-state index contributed by atoms with van der Waals surface area (Å²) in [4.78, 5) is 35.0. The van der Waals surface area contributed by atoms with Crippen molar-refractivity contribution in [2.24, 2.45) is 5.41 Å². The molecule has 1 aromatic carbocycles. The molecule has 0 aromatic heterocycles. The van der Waals surface area contributed by atoms with Crippen molar-refractivity contribution >= 4 is 27.7 Å². The minimum atomic E-state index is -5.77. The van der Waals surface area contributed by atoms with Crippen molar-refractivity contribution in [3.8, 4) is 0 Å². The Morgan fingerprint density at radius 2 is 1.80 bits per heavy atom. The molecule has 13 heteroatoms. The first-order valence-electron chi connectivity index (χ1n) is 8.78. The molecule has 0 amide bonds. The second kappa shape index (κ2) is 9.00. The van der Waals surface area contributed by atoms with Crippen LogP contribution in [0.3, 0.4) is 0 Å². The predicted octanol–water partition coefficient (Wildman–Crippen LogP) is 2.61. The van der Waals surface area contributed by atoms with Crippen molar-refractivity contribution in [3.63, 3.8) is 0 Å². The van der Waals surface area contributed by atoms with Crippen molar-refractivity contribution < 1.29 is 45.7 Å². The average Bonchev–Trinajstić information content (AvgIpc) is 3.13. The smallest absolute Gasteiger partial charge is 0.402 e. The standard InChI is InChI=1S/C17H19F2NO9S/c18-17(19,30(25,26)27)11-29-15(22)16(7-3-4-8-16)9-14(21)28-10-12-5-1-2-6-13(12)20(23)24/h1-2,5-6H,3-4,7-11H2,(H,25,26,27). The number of hydrogen-bond donors (Lipinski definition) is 1. The number of ether oxygens (including phenoxy) is 2. The van der Waals surface area contributed by atoms with Crippen LogP contribution in [0.25, 0.3) is 0 Å². The first kappa shape index (κ1) is 23.6. The Morgan fingerprint density at radius 3 is 2.37 bits per heavy atom. The number of nitro benzene ring substituents is 1. The van der Waals surface area contributed by atoms with Gasteiger partial charge < -0.3 is 9.47 Å². The number of halogens is 2. The molecule has 1 fully saturated rings. The van der Waals surface area contributed by atoms with E-state index in [0.29, 0.717) is 12.8 Å². The molecule has 2 rings (SSSR count). The highest BCUT2D eigenvalue weighted by Gasteiger charge is 2.49. The molecule has 0 unspecified atom stereocenters. The Balaban J connectivity index is 2.03. The number of nitro groups is 1. The highest BCUT2D eigenvalue weighted by atomic mass is 32.2. The first-order chi connectivity index (χ1) is 13.9. The monoisotopic (exact) mass is 451 g/mol. The van der Waals surface area contributed by atoms with Gasteiger partial charge in [0.25, 0.3) is 5.69 Å². The van der Waals surface area contributed by atoms with E-state index in [1.807, 2.05) is 0 Å². The maximum atomic E-state index is 13.3. The number of nitrogens with zero attached hydrogens (tertiary/aromatic N) is 1. The molecular weight excluding hydrogens is 432 g/mol. The van der Waals surface area contributed by atoms with Gasteiger partial charge in [0.15, 0.2) is 6.61 Å². The number of hydrogen-bond acceptors (Lipinski definition) is 8. The lowest BCUT2D eigenvalue weighted by Gasteiger charge is -2.26. The second-order valence-electron chi connectivity index (χ2n) is 6.90. The van der Waals surface area contributed by atoms with Gasteiger partial charge in [0.1, 0.15) is 6.61 Å². The molecule has 166 valence electrons. The average molecular weight is 451 g/mol. The molecule has 0 atom stereocenters. The molecule has 1 aromatic rings. The third-order valence-corrected chi connectivity index (χ3v) is 5.67. The highest BCUT2D eigenvalue weighted by Crippen LogP contribution is 2.43. The second-order valence-corrected chi connectivity index (χ2v) is 8.45. The quantitative estimate of drug-likeness (QED) is 0.259. The molecule has 30 heavy (non-hydrogen) atoms. The zero-order chi connectivity index (χ0) is 22.6. The van der Waals surface area contributed by atoms with Crippen LogP contribution in [0.15, 0.2) is 24.3 Å². The van der Waals surface area contributed by atoms with E-state index < -0.39 is 57.3 Å². The highest BCUT2D eigenvalue weighted by molar-refractivity contribution is 7.86. The fourth-order valence-electron chi connectivity index (χ4n) is 3.18. The first-order valence-corrected chi connectivity index (χ1v) is 10.2. The number of esters is 2. The zero-order valence-corrected chi connectivity index (χ0v) is 16.4. The van der Waals surface area contributed by atoms with Crippen LogP contribution >= 0.6 is 0 Å². The summed E-state index contributed by atoms with van der Waals surface area (Å²) in [6, 6.07) is 5.58. The molecule has 0 saturated heterocycles. The van der Waals surface area contributed by atoms with Crippen LogP contribution in [0.1, 0.15) is 37.7 Å². The van der Waals surface area contributed by atoms with Crippen molar-refractivity contribution in [2.75, 3.05) is 6.61 Å². The van der Waals surface area contributed by atoms with Gasteiger partial charge in [-0.2, -0.15) is 17.2 Å². The molecule has 1 aliphatic rings. The molecule has 1 N–H and O–H groups in total. The molecule has 0 bridgehead atoms. The summed E-state index contributed by atoms with van der Waals surface area (Å²) in [6.45, 7) is -2.32. The van der Waals surface area contributed by atoms with E-state index in [0.717, 1.165) is 0 Å². The Kier molecular flexibility index (Phi) is 7.08. The molecule has 0 radical (unpaired) electrons. The summed E-state index contributed by atoms with van der Waals surface area (Å²) in [5, 5.41) is 6.31. The molecule has 0 aliphatic heterocycles. The number of rotatable bonds is 9. The SMILES string of the molecule is O=C(CC1(C(=O)OCC(F)(F)S(=O)(=O)O)CCCC1)OCc1ccccc1[N+](=O)[O-]. The van der Waals surface area contributed by atoms with Gasteiger partial charge in [-0.25, -0.2) is 0 Å². The maximum Gasteiger partial charge on any atom is 0.402 e. The van der Waals surface area contributed by atoms with Crippen LogP contribution in [0, 0.1) is 15.5 Å². The lowest BCUT2D eigenvalue weighted by atomic mass is 9.83. The fraction of sp³-hybridized carbons (Fsp3) is 0.529. The predicted molar refractivity (Wildman–Crippen MR) is 95.9 cm³/mol. The van der Waals surface area contributed by atoms with Gasteiger partial charge in [-0.3, -0.25) is 24.3 Å². The van der Waals surface area contributed by atoms with Gasteiger partial charge in [-0.05, 0) is 18.9 Å². The Hall–Kier alpha value is -2.67. The summed E-state index contributed by atoms with van der Waals surface area (Å²) in [5.41, 5.74) is -1.60. The van der Waals surface area contributed by atoms with Gasteiger partial charge >= 0.3 is 27.3 Å². The summed E-state index contributed by atoms with van der Waals surface area (Å²) < 4.78 is 65.8. The van der Waals surface area contributed by atoms with Crippen LogP contribution in [-0.4, -0.2) is 41.7 Å². The van der Waals surface area contributed by atoms with E-state index in [-0.39, 0.29) is 24.1 Å². The minimum Gasteiger partial charge on any atom is -0.461 e. The third kappa shape index (κ3) is 5.48. The molecule has 1 aliphatic carbocycles. The third-order valence-electron chi connectivity index (χ3n) is 4.80. The van der Waals surface area contributed by atoms with Crippen LogP contribution < -0.4 is 0 Å². The largest absolute Gasteiger partial charge is 0.461 e. The van der Waals surface area contributed by atoms with Gasteiger partial charge in [0.05, 0.1) is 22.3 Å². The Labute approximate surface area is 170 Å². The van der Waals surface area contributed by atoms with Crippen LogP contribution in [-0.2, 0) is 35.8 Å². The van der Waals surface area contributed by atoms with Crippen molar-refractivity contribution in [1.29, 1.82) is 0 Å². The van der Waals surface area contributed by atoms with E-state index in [4.69, 9.17) is 9.29 Å². The van der Waals surface area contributed by atoms with Crippen LogP contribution in [0.2, 0.25) is 0 Å².